The van der Waals surface area contributed by atoms with Crippen molar-refractivity contribution in [1.29, 1.82) is 0 Å². The molecule has 0 aliphatic heterocycles. The third-order valence-electron chi connectivity index (χ3n) is 1.85. The van der Waals surface area contributed by atoms with Crippen LogP contribution < -0.4 is 5.73 Å². The molecule has 0 spiro atoms. The maximum Gasteiger partial charge on any atom is 0.350 e. The molecular formula is C9H18N4O3. The number of aliphatic hydroxyl groups is 2. The molecule has 0 heterocycles. The zero-order valence-electron chi connectivity index (χ0n) is 9.28. The van der Waals surface area contributed by atoms with Gasteiger partial charge in [0.15, 0.2) is 0 Å². The number of rotatable bonds is 6. The van der Waals surface area contributed by atoms with Crippen molar-refractivity contribution in [2.75, 3.05) is 20.2 Å². The van der Waals surface area contributed by atoms with Crippen molar-refractivity contribution in [2.24, 2.45) is 15.7 Å². The number of amides is 2. The second kappa shape index (κ2) is 8.81. The molecule has 16 heavy (non-hydrogen) atoms. The molecule has 0 rings (SSSR count). The Morgan fingerprint density at radius 1 is 1.56 bits per heavy atom. The Bertz CT molecular complexity index is 255. The SMILES string of the molecule is C/N=C\N(CC[C@@H](O)CCO)C(=O)/N=C/N. The summed E-state index contributed by atoms with van der Waals surface area (Å²) in [7, 11) is 1.52. The Balaban J connectivity index is 4.18. The van der Waals surface area contributed by atoms with E-state index in [-0.39, 0.29) is 19.6 Å². The zero-order valence-corrected chi connectivity index (χ0v) is 9.28. The van der Waals surface area contributed by atoms with Crippen LogP contribution in [0.3, 0.4) is 0 Å². The normalized spacial score (nSPS) is 13.4. The lowest BCUT2D eigenvalue weighted by atomic mass is 10.2. The first kappa shape index (κ1) is 14.5. The van der Waals surface area contributed by atoms with E-state index in [1.165, 1.54) is 18.3 Å². The molecule has 0 saturated carbocycles. The number of nitrogens with two attached hydrogens (primary N) is 1. The number of aliphatic imine (C=N–C) groups is 2. The highest BCUT2D eigenvalue weighted by molar-refractivity contribution is 5.90. The van der Waals surface area contributed by atoms with Gasteiger partial charge in [0.25, 0.3) is 0 Å². The predicted octanol–water partition coefficient (Wildman–Crippen LogP) is -0.813. The molecule has 0 unspecified atom stereocenters. The molecule has 0 aliphatic carbocycles. The van der Waals surface area contributed by atoms with Crippen molar-refractivity contribution in [3.63, 3.8) is 0 Å². The smallest absolute Gasteiger partial charge is 0.350 e. The molecule has 0 radical (unpaired) electrons. The topological polar surface area (TPSA) is 112 Å². The summed E-state index contributed by atoms with van der Waals surface area (Å²) in [6, 6.07) is -0.538. The van der Waals surface area contributed by atoms with Gasteiger partial charge in [-0.25, -0.2) is 4.79 Å². The van der Waals surface area contributed by atoms with E-state index in [0.29, 0.717) is 6.42 Å². The minimum Gasteiger partial charge on any atom is -0.396 e. The second-order valence-corrected chi connectivity index (χ2v) is 3.08. The van der Waals surface area contributed by atoms with Gasteiger partial charge in [-0.15, -0.1) is 0 Å². The zero-order chi connectivity index (χ0) is 12.4. The molecule has 0 aromatic rings. The van der Waals surface area contributed by atoms with Crippen LogP contribution in [0.1, 0.15) is 12.8 Å². The molecule has 0 aliphatic rings. The highest BCUT2D eigenvalue weighted by Crippen LogP contribution is 2.00. The Labute approximate surface area is 94.3 Å². The summed E-state index contributed by atoms with van der Waals surface area (Å²) in [4.78, 5) is 19.7. The van der Waals surface area contributed by atoms with E-state index in [0.717, 1.165) is 6.34 Å². The number of hydrogen-bond acceptors (Lipinski definition) is 4. The maximum absolute atomic E-state index is 11.3. The Morgan fingerprint density at radius 3 is 2.75 bits per heavy atom. The van der Waals surface area contributed by atoms with Gasteiger partial charge in [0.2, 0.25) is 0 Å². The summed E-state index contributed by atoms with van der Waals surface area (Å²) in [6.07, 6.45) is 2.21. The second-order valence-electron chi connectivity index (χ2n) is 3.08. The molecule has 7 nitrogen and oxygen atoms in total. The van der Waals surface area contributed by atoms with Gasteiger partial charge in [-0.05, 0) is 12.8 Å². The Hall–Kier alpha value is -1.47. The van der Waals surface area contributed by atoms with Crippen LogP contribution in [0, 0.1) is 0 Å². The van der Waals surface area contributed by atoms with Crippen molar-refractivity contribution in [1.82, 2.24) is 4.90 Å². The first-order valence-corrected chi connectivity index (χ1v) is 4.91. The molecule has 7 heteroatoms. The maximum atomic E-state index is 11.3. The third kappa shape index (κ3) is 6.10. The van der Waals surface area contributed by atoms with Gasteiger partial charge < -0.3 is 15.9 Å². The van der Waals surface area contributed by atoms with Crippen LogP contribution in [-0.2, 0) is 0 Å². The van der Waals surface area contributed by atoms with E-state index in [4.69, 9.17) is 10.8 Å². The molecule has 4 N–H and O–H groups in total. The summed E-state index contributed by atoms with van der Waals surface area (Å²) < 4.78 is 0. The quantitative estimate of drug-likeness (QED) is 0.409. The summed E-state index contributed by atoms with van der Waals surface area (Å²) in [6.45, 7) is 0.187. The van der Waals surface area contributed by atoms with Crippen molar-refractivity contribution in [3.8, 4) is 0 Å². The molecular weight excluding hydrogens is 212 g/mol. The molecule has 0 aromatic heterocycles. The fourth-order valence-corrected chi connectivity index (χ4v) is 1.06. The van der Waals surface area contributed by atoms with Gasteiger partial charge in [0.1, 0.15) is 0 Å². The third-order valence-corrected chi connectivity index (χ3v) is 1.85. The van der Waals surface area contributed by atoms with E-state index < -0.39 is 12.1 Å². The molecule has 0 bridgehead atoms. The monoisotopic (exact) mass is 230 g/mol. The predicted molar refractivity (Wildman–Crippen MR) is 61.5 cm³/mol. The number of carbonyl (C=O) groups is 1. The van der Waals surface area contributed by atoms with Gasteiger partial charge in [-0.1, -0.05) is 0 Å². The van der Waals surface area contributed by atoms with Crippen LogP contribution in [0.4, 0.5) is 4.79 Å². The number of hydrogen-bond donors (Lipinski definition) is 3. The molecule has 0 saturated heterocycles. The Morgan fingerprint density at radius 2 is 2.25 bits per heavy atom. The van der Waals surface area contributed by atoms with Crippen molar-refractivity contribution in [3.05, 3.63) is 0 Å². The Kier molecular flexibility index (Phi) is 8.00. The summed E-state index contributed by atoms with van der Waals surface area (Å²) in [5.74, 6) is 0. The van der Waals surface area contributed by atoms with Crippen LogP contribution >= 0.6 is 0 Å². The lowest BCUT2D eigenvalue weighted by Gasteiger charge is -2.16. The number of aliphatic hydroxyl groups excluding tert-OH is 2. The van der Waals surface area contributed by atoms with Gasteiger partial charge >= 0.3 is 6.03 Å². The van der Waals surface area contributed by atoms with Crippen LogP contribution in [0.2, 0.25) is 0 Å². The number of nitrogens with zero attached hydrogens (tertiary/aromatic N) is 3. The first-order chi connectivity index (χ1) is 7.65. The van der Waals surface area contributed by atoms with E-state index in [9.17, 15) is 9.90 Å². The van der Waals surface area contributed by atoms with E-state index in [1.54, 1.807) is 0 Å². The van der Waals surface area contributed by atoms with Crippen LogP contribution in [0.5, 0.6) is 0 Å². The lowest BCUT2D eigenvalue weighted by Crippen LogP contribution is -2.30. The minimum atomic E-state index is -0.646. The number of carbonyl (C=O) groups excluding carboxylic acids is 1. The van der Waals surface area contributed by atoms with Gasteiger partial charge in [-0.2, -0.15) is 4.99 Å². The molecule has 2 amide bonds. The van der Waals surface area contributed by atoms with Crippen molar-refractivity contribution >= 4 is 18.7 Å². The fourth-order valence-electron chi connectivity index (χ4n) is 1.06. The summed E-state index contributed by atoms with van der Waals surface area (Å²) in [5, 5.41) is 18.0. The van der Waals surface area contributed by atoms with Gasteiger partial charge in [0.05, 0.1) is 18.8 Å². The molecule has 0 fully saturated rings. The minimum absolute atomic E-state index is 0.0854. The number of urea groups is 1. The molecule has 0 aromatic carbocycles. The van der Waals surface area contributed by atoms with Crippen LogP contribution in [0.25, 0.3) is 0 Å². The largest absolute Gasteiger partial charge is 0.396 e. The highest BCUT2D eigenvalue weighted by Gasteiger charge is 2.11. The fraction of sp³-hybridized carbons (Fsp3) is 0.667. The van der Waals surface area contributed by atoms with E-state index in [2.05, 4.69) is 9.98 Å². The first-order valence-electron chi connectivity index (χ1n) is 4.91. The average Bonchev–Trinajstić information content (AvgIpc) is 2.24. The highest BCUT2D eigenvalue weighted by atomic mass is 16.3. The summed E-state index contributed by atoms with van der Waals surface area (Å²) >= 11 is 0. The van der Waals surface area contributed by atoms with Crippen LogP contribution in [0.15, 0.2) is 9.98 Å². The van der Waals surface area contributed by atoms with E-state index >= 15 is 0 Å². The molecule has 92 valence electrons. The van der Waals surface area contributed by atoms with E-state index in [1.807, 2.05) is 0 Å². The molecule has 1 atom stereocenters. The van der Waals surface area contributed by atoms with Crippen LogP contribution in [-0.4, -0.2) is 60.1 Å². The van der Waals surface area contributed by atoms with Crippen molar-refractivity contribution in [2.45, 2.75) is 18.9 Å². The average molecular weight is 230 g/mol. The lowest BCUT2D eigenvalue weighted by molar-refractivity contribution is 0.120. The summed E-state index contributed by atoms with van der Waals surface area (Å²) in [5.41, 5.74) is 5.00. The van der Waals surface area contributed by atoms with Gasteiger partial charge in [-0.3, -0.25) is 9.89 Å². The van der Waals surface area contributed by atoms with Gasteiger partial charge in [0, 0.05) is 20.2 Å². The van der Waals surface area contributed by atoms with Crippen molar-refractivity contribution < 1.29 is 15.0 Å². The standard InChI is InChI=1S/C9H18N4O3/c1-11-7-13(9(16)12-6-10)4-2-8(15)3-5-14/h6-8,14-15H,2-5H2,1H3,(H2,10,12,16)/b11-7-/t8-/m1/s1.